The Kier molecular flexibility index (Phi) is 4.01. The predicted octanol–water partition coefficient (Wildman–Crippen LogP) is 3.19. The first kappa shape index (κ1) is 12.2. The Balaban J connectivity index is 1.89. The molecule has 6 nitrogen and oxygen atoms in total. The summed E-state index contributed by atoms with van der Waals surface area (Å²) in [7, 11) is 0. The van der Waals surface area contributed by atoms with Crippen LogP contribution in [0.4, 0.5) is 0 Å². The lowest BCUT2D eigenvalue weighted by atomic mass is 10.2. The Morgan fingerprint density at radius 1 is 0.722 bits per heavy atom. The van der Waals surface area contributed by atoms with Crippen molar-refractivity contribution >= 4 is 0 Å². The minimum absolute atomic E-state index is 0.0515. The molecule has 0 aromatic carbocycles. The number of hydrogen-bond acceptors (Lipinski definition) is 6. The van der Waals surface area contributed by atoms with Crippen LogP contribution in [0, 0.1) is 9.81 Å². The van der Waals surface area contributed by atoms with E-state index in [2.05, 4.69) is 10.4 Å². The highest BCUT2D eigenvalue weighted by Crippen LogP contribution is 2.14. The molecule has 0 saturated heterocycles. The fourth-order valence-electron chi connectivity index (χ4n) is 1.66. The quantitative estimate of drug-likeness (QED) is 0.704. The van der Waals surface area contributed by atoms with Gasteiger partial charge in [-0.05, 0) is 24.3 Å². The Morgan fingerprint density at radius 3 is 1.50 bits per heavy atom. The van der Waals surface area contributed by atoms with Crippen molar-refractivity contribution < 1.29 is 8.83 Å². The van der Waals surface area contributed by atoms with Gasteiger partial charge in [0.1, 0.15) is 36.1 Å². The molecular weight excluding hydrogens is 236 g/mol. The number of furan rings is 2. The highest BCUT2D eigenvalue weighted by Gasteiger charge is 2.06. The molecule has 0 amide bonds. The molecule has 0 bridgehead atoms. The summed E-state index contributed by atoms with van der Waals surface area (Å²) in [4.78, 5) is 20.1. The van der Waals surface area contributed by atoms with Crippen LogP contribution in [-0.2, 0) is 25.9 Å². The van der Waals surface area contributed by atoms with Gasteiger partial charge >= 0.3 is 0 Å². The third-order valence-corrected chi connectivity index (χ3v) is 2.49. The lowest BCUT2D eigenvalue weighted by Gasteiger charge is -1.95. The van der Waals surface area contributed by atoms with Crippen LogP contribution in [-0.4, -0.2) is 0 Å². The molecule has 0 spiro atoms. The Hall–Kier alpha value is -2.24. The van der Waals surface area contributed by atoms with Gasteiger partial charge in [0.25, 0.3) is 0 Å². The van der Waals surface area contributed by atoms with Crippen LogP contribution in [0.1, 0.15) is 23.0 Å². The molecule has 94 valence electrons. The van der Waals surface area contributed by atoms with Crippen LogP contribution in [0.3, 0.4) is 0 Å². The van der Waals surface area contributed by atoms with Crippen LogP contribution in [0.5, 0.6) is 0 Å². The zero-order valence-electron chi connectivity index (χ0n) is 9.67. The smallest absolute Gasteiger partial charge is 0.139 e. The minimum Gasteiger partial charge on any atom is -0.464 e. The maximum absolute atomic E-state index is 10.1. The summed E-state index contributed by atoms with van der Waals surface area (Å²) in [6, 6.07) is 7.11. The second kappa shape index (κ2) is 5.90. The molecule has 2 aromatic rings. The molecule has 0 fully saturated rings. The van der Waals surface area contributed by atoms with E-state index < -0.39 is 0 Å². The fourth-order valence-corrected chi connectivity index (χ4v) is 1.66. The van der Waals surface area contributed by atoms with Gasteiger partial charge in [-0.25, -0.2) is 0 Å². The molecule has 0 aliphatic carbocycles. The van der Waals surface area contributed by atoms with Crippen molar-refractivity contribution in [3.05, 3.63) is 57.1 Å². The third kappa shape index (κ3) is 3.13. The first-order valence-electron chi connectivity index (χ1n) is 5.55. The van der Waals surface area contributed by atoms with E-state index >= 15 is 0 Å². The third-order valence-electron chi connectivity index (χ3n) is 2.49. The number of nitroso groups, excluding NO2 is 2. The average molecular weight is 248 g/mol. The van der Waals surface area contributed by atoms with Crippen LogP contribution < -0.4 is 0 Å². The number of rotatable bonds is 7. The molecular formula is C12H12N2O4. The second-order valence-corrected chi connectivity index (χ2v) is 3.81. The number of aryl methyl sites for hydroxylation is 2. The van der Waals surface area contributed by atoms with E-state index in [1.165, 1.54) is 0 Å². The molecule has 0 atom stereocenters. The molecule has 0 saturated carbocycles. The topological polar surface area (TPSA) is 85.1 Å². The van der Waals surface area contributed by atoms with E-state index in [0.717, 1.165) is 11.5 Å². The van der Waals surface area contributed by atoms with E-state index in [0.29, 0.717) is 24.4 Å². The normalized spacial score (nSPS) is 10.4. The molecule has 6 heteroatoms. The van der Waals surface area contributed by atoms with Crippen molar-refractivity contribution in [1.29, 1.82) is 0 Å². The van der Waals surface area contributed by atoms with Crippen molar-refractivity contribution in [2.45, 2.75) is 25.9 Å². The van der Waals surface area contributed by atoms with Crippen molar-refractivity contribution in [3.8, 4) is 0 Å². The van der Waals surface area contributed by atoms with E-state index in [1.807, 2.05) is 12.1 Å². The van der Waals surface area contributed by atoms with Gasteiger partial charge < -0.3 is 8.83 Å². The summed E-state index contributed by atoms with van der Waals surface area (Å²) in [5, 5.41) is 5.52. The number of nitrogens with zero attached hydrogens (tertiary/aromatic N) is 2. The van der Waals surface area contributed by atoms with Gasteiger partial charge in [0.15, 0.2) is 0 Å². The monoisotopic (exact) mass is 248 g/mol. The van der Waals surface area contributed by atoms with Crippen molar-refractivity contribution in [2.75, 3.05) is 0 Å². The summed E-state index contributed by atoms with van der Waals surface area (Å²) in [5.41, 5.74) is 0. The first-order chi connectivity index (χ1) is 8.81. The fraction of sp³-hybridized carbons (Fsp3) is 0.333. The van der Waals surface area contributed by atoms with E-state index in [1.54, 1.807) is 12.1 Å². The zero-order chi connectivity index (χ0) is 12.8. The summed E-state index contributed by atoms with van der Waals surface area (Å²) in [5.74, 6) is 2.68. The van der Waals surface area contributed by atoms with Crippen molar-refractivity contribution in [1.82, 2.24) is 0 Å². The highest BCUT2D eigenvalue weighted by atomic mass is 16.4. The Bertz CT molecular complexity index is 481. The minimum atomic E-state index is 0.0515. The molecule has 0 N–H and O–H groups in total. The first-order valence-corrected chi connectivity index (χ1v) is 5.55. The number of hydrogen-bond donors (Lipinski definition) is 0. The summed E-state index contributed by atoms with van der Waals surface area (Å²) >= 11 is 0. The van der Waals surface area contributed by atoms with E-state index in [-0.39, 0.29) is 13.1 Å². The van der Waals surface area contributed by atoms with Crippen LogP contribution in [0.2, 0.25) is 0 Å². The van der Waals surface area contributed by atoms with Crippen LogP contribution in [0.15, 0.2) is 43.5 Å². The van der Waals surface area contributed by atoms with Crippen LogP contribution >= 0.6 is 0 Å². The van der Waals surface area contributed by atoms with Gasteiger partial charge in [0, 0.05) is 12.8 Å². The maximum atomic E-state index is 10.1. The Labute approximate surface area is 103 Å². The molecule has 2 aromatic heterocycles. The molecule has 0 radical (unpaired) electrons. The summed E-state index contributed by atoms with van der Waals surface area (Å²) in [6.07, 6.45) is 1.33. The highest BCUT2D eigenvalue weighted by molar-refractivity contribution is 5.11. The SMILES string of the molecule is O=NCc1ccc(CCc2ccc(CN=O)o2)o1. The largest absolute Gasteiger partial charge is 0.464 e. The van der Waals surface area contributed by atoms with Crippen LogP contribution in [0.25, 0.3) is 0 Å². The molecule has 0 unspecified atom stereocenters. The summed E-state index contributed by atoms with van der Waals surface area (Å²) < 4.78 is 10.8. The van der Waals surface area contributed by atoms with Gasteiger partial charge in [-0.3, -0.25) is 0 Å². The molecule has 18 heavy (non-hydrogen) atoms. The van der Waals surface area contributed by atoms with Gasteiger partial charge in [-0.1, -0.05) is 10.4 Å². The lowest BCUT2D eigenvalue weighted by Crippen LogP contribution is -1.87. The van der Waals surface area contributed by atoms with Crippen molar-refractivity contribution in [3.63, 3.8) is 0 Å². The molecule has 0 aliphatic heterocycles. The predicted molar refractivity (Wildman–Crippen MR) is 63.8 cm³/mol. The Morgan fingerprint density at radius 2 is 1.11 bits per heavy atom. The average Bonchev–Trinajstić information content (AvgIpc) is 2.97. The summed E-state index contributed by atoms with van der Waals surface area (Å²) in [6.45, 7) is 0.103. The van der Waals surface area contributed by atoms with Gasteiger partial charge in [0.2, 0.25) is 0 Å². The lowest BCUT2D eigenvalue weighted by molar-refractivity contribution is 0.438. The van der Waals surface area contributed by atoms with Gasteiger partial charge in [0.05, 0.1) is 0 Å². The molecule has 0 aliphatic rings. The standard InChI is InChI=1S/C12H12N2O4/c15-13-7-11-5-3-9(17-11)1-2-10-4-6-12(18-10)8-14-16/h3-6H,1-2,7-8H2. The zero-order valence-corrected chi connectivity index (χ0v) is 9.67. The van der Waals surface area contributed by atoms with Gasteiger partial charge in [-0.2, -0.15) is 9.81 Å². The van der Waals surface area contributed by atoms with Crippen molar-refractivity contribution in [2.24, 2.45) is 10.4 Å². The maximum Gasteiger partial charge on any atom is 0.139 e. The van der Waals surface area contributed by atoms with E-state index in [9.17, 15) is 9.81 Å². The van der Waals surface area contributed by atoms with E-state index in [4.69, 9.17) is 8.83 Å². The molecule has 2 heterocycles. The molecule has 2 rings (SSSR count). The second-order valence-electron chi connectivity index (χ2n) is 3.81. The van der Waals surface area contributed by atoms with Gasteiger partial charge in [-0.15, -0.1) is 0 Å².